The minimum absolute atomic E-state index is 1.02. The monoisotopic (exact) mass is 149 g/mol. The Kier molecular flexibility index (Phi) is 2.84. The van der Waals surface area contributed by atoms with Crippen LogP contribution in [-0.2, 0) is 0 Å². The zero-order valence-corrected chi connectivity index (χ0v) is 4.41. The molecule has 0 heterocycles. The van der Waals surface area contributed by atoms with Crippen molar-refractivity contribution in [3.63, 3.8) is 0 Å². The Labute approximate surface area is 53.8 Å². The summed E-state index contributed by atoms with van der Waals surface area (Å²) >= 11 is 0. The summed E-state index contributed by atoms with van der Waals surface area (Å²) in [6.07, 6.45) is -2.75. The first-order chi connectivity index (χ1) is 4.63. The maximum atomic E-state index is 10.0. The molecule has 0 rings (SSSR count). The SMILES string of the molecule is [O-]/N=[N+](\[O-])C([O-])/[N+]([O-])=N/[O-]. The van der Waals surface area contributed by atoms with E-state index >= 15 is 0 Å². The standard InChI is InChI=1S/CH3N4O5/c6-1(4(9)2-7)5(10)3-8/h1,7-8H/q-1/p-2/b4-2-,5-3-. The predicted octanol–water partition coefficient (Wildman–Crippen LogP) is -1.45. The summed E-state index contributed by atoms with van der Waals surface area (Å²) in [5.74, 6) is 0. The molecule has 0 aliphatic heterocycles. The molecule has 0 bridgehead atoms. The van der Waals surface area contributed by atoms with Gasteiger partial charge in [-0.25, -0.2) is 0 Å². The van der Waals surface area contributed by atoms with Gasteiger partial charge in [-0.15, -0.1) is 0 Å². The fraction of sp³-hybridized carbons (Fsp3) is 1.00. The molecule has 0 aromatic carbocycles. The lowest BCUT2D eigenvalue weighted by Crippen LogP contribution is -2.41. The Morgan fingerprint density at radius 2 is 1.30 bits per heavy atom. The van der Waals surface area contributed by atoms with Gasteiger partial charge in [0.25, 0.3) is 0 Å². The second-order valence-electron chi connectivity index (χ2n) is 1.09. The van der Waals surface area contributed by atoms with E-state index in [1.807, 2.05) is 0 Å². The van der Waals surface area contributed by atoms with Crippen molar-refractivity contribution in [1.29, 1.82) is 0 Å². The topological polar surface area (TPSA) is 146 Å². The van der Waals surface area contributed by atoms with Crippen molar-refractivity contribution in [3.8, 4) is 0 Å². The van der Waals surface area contributed by atoms with E-state index in [0.717, 1.165) is 0 Å². The summed E-state index contributed by atoms with van der Waals surface area (Å²) in [5.41, 5.74) is 0. The summed E-state index contributed by atoms with van der Waals surface area (Å²) in [5, 5.41) is 51.1. The van der Waals surface area contributed by atoms with Crippen LogP contribution in [-0.4, -0.2) is 16.1 Å². The molecule has 10 heavy (non-hydrogen) atoms. The lowest BCUT2D eigenvalue weighted by atomic mass is 11.0. The molecule has 0 aromatic rings. The van der Waals surface area contributed by atoms with E-state index in [1.54, 1.807) is 0 Å². The minimum Gasteiger partial charge on any atom is -0.739 e. The van der Waals surface area contributed by atoms with Gasteiger partial charge in [0.2, 0.25) is 0 Å². The third-order valence-electron chi connectivity index (χ3n) is 0.539. The average molecular weight is 149 g/mol. The number of hydrogen-bond donors (Lipinski definition) is 0. The molecule has 0 amide bonds. The van der Waals surface area contributed by atoms with Gasteiger partial charge in [-0.1, -0.05) is 0 Å². The van der Waals surface area contributed by atoms with Gasteiger partial charge in [0.05, 0.1) is 0 Å². The van der Waals surface area contributed by atoms with Crippen LogP contribution in [0.25, 0.3) is 0 Å². The first kappa shape index (κ1) is 8.36. The molecule has 0 aliphatic rings. The van der Waals surface area contributed by atoms with E-state index in [0.29, 0.717) is 0 Å². The molecular formula is CHN4O5-3. The number of hydrogen-bond acceptors (Lipinski definition) is 7. The second-order valence-corrected chi connectivity index (χ2v) is 1.09. The first-order valence-electron chi connectivity index (χ1n) is 1.88. The smallest absolute Gasteiger partial charge is 0.369 e. The molecule has 0 atom stereocenters. The Balaban J connectivity index is 4.22. The average Bonchev–Trinajstić information content (AvgIpc) is 2.00. The Morgan fingerprint density at radius 1 is 1.00 bits per heavy atom. The number of nitrogens with zero attached hydrogens (tertiary/aromatic N) is 4. The molecule has 0 radical (unpaired) electrons. The summed E-state index contributed by atoms with van der Waals surface area (Å²) in [6.45, 7) is 0. The van der Waals surface area contributed by atoms with E-state index in [4.69, 9.17) is 0 Å². The van der Waals surface area contributed by atoms with Crippen LogP contribution in [0, 0.1) is 20.8 Å². The highest BCUT2D eigenvalue weighted by molar-refractivity contribution is 4.18. The fourth-order valence-corrected chi connectivity index (χ4v) is 0.165. The van der Waals surface area contributed by atoms with Crippen LogP contribution in [0.2, 0.25) is 0 Å². The Morgan fingerprint density at radius 3 is 1.50 bits per heavy atom. The van der Waals surface area contributed by atoms with Gasteiger partial charge in [-0.2, -0.15) is 0 Å². The van der Waals surface area contributed by atoms with Gasteiger partial charge < -0.3 is 25.9 Å². The van der Waals surface area contributed by atoms with Gasteiger partial charge in [0.15, 0.2) is 0 Å². The van der Waals surface area contributed by atoms with Gasteiger partial charge in [-0.05, 0) is 20.3 Å². The molecular weight excluding hydrogens is 148 g/mol. The normalized spacial score (nSPS) is 16.9. The molecule has 0 unspecified atom stereocenters. The highest BCUT2D eigenvalue weighted by Gasteiger charge is 2.09. The van der Waals surface area contributed by atoms with Crippen LogP contribution in [0.3, 0.4) is 0 Å². The van der Waals surface area contributed by atoms with E-state index in [9.17, 15) is 25.9 Å². The van der Waals surface area contributed by atoms with Gasteiger partial charge in [0.1, 0.15) is 0 Å². The van der Waals surface area contributed by atoms with Crippen LogP contribution in [0.1, 0.15) is 0 Å². The second kappa shape index (κ2) is 3.40. The summed E-state index contributed by atoms with van der Waals surface area (Å²) < 4.78 is 0. The van der Waals surface area contributed by atoms with Crippen LogP contribution >= 0.6 is 0 Å². The largest absolute Gasteiger partial charge is 0.739 e. The third-order valence-corrected chi connectivity index (χ3v) is 0.539. The molecule has 9 nitrogen and oxygen atoms in total. The van der Waals surface area contributed by atoms with E-state index in [-0.39, 0.29) is 0 Å². The van der Waals surface area contributed by atoms with Gasteiger partial charge >= 0.3 is 6.35 Å². The van der Waals surface area contributed by atoms with Crippen molar-refractivity contribution in [3.05, 3.63) is 20.8 Å². The number of rotatable bonds is 2. The molecule has 0 saturated carbocycles. The highest BCUT2D eigenvalue weighted by Crippen LogP contribution is 1.84. The quantitative estimate of drug-likeness (QED) is 0.204. The molecule has 58 valence electrons. The van der Waals surface area contributed by atoms with Crippen molar-refractivity contribution < 1.29 is 14.8 Å². The van der Waals surface area contributed by atoms with Crippen molar-refractivity contribution >= 4 is 0 Å². The molecule has 0 aromatic heterocycles. The lowest BCUT2D eigenvalue weighted by Gasteiger charge is -2.15. The van der Waals surface area contributed by atoms with Crippen molar-refractivity contribution in [2.75, 3.05) is 0 Å². The molecule has 0 aliphatic carbocycles. The van der Waals surface area contributed by atoms with Crippen LogP contribution < -0.4 is 5.11 Å². The molecule has 0 spiro atoms. The van der Waals surface area contributed by atoms with Crippen molar-refractivity contribution in [1.82, 2.24) is 0 Å². The zero-order valence-electron chi connectivity index (χ0n) is 4.41. The summed E-state index contributed by atoms with van der Waals surface area (Å²) in [7, 11) is 0. The molecule has 0 fully saturated rings. The van der Waals surface area contributed by atoms with Crippen LogP contribution in [0.4, 0.5) is 0 Å². The van der Waals surface area contributed by atoms with Crippen LogP contribution in [0.15, 0.2) is 10.6 Å². The molecule has 9 heteroatoms. The zero-order chi connectivity index (χ0) is 8.15. The van der Waals surface area contributed by atoms with Crippen molar-refractivity contribution in [2.24, 2.45) is 10.6 Å². The lowest BCUT2D eigenvalue weighted by molar-refractivity contribution is -0.915. The van der Waals surface area contributed by atoms with Crippen LogP contribution in [0.5, 0.6) is 0 Å². The third kappa shape index (κ3) is 1.70. The maximum Gasteiger partial charge on any atom is 0.369 e. The fourth-order valence-electron chi connectivity index (χ4n) is 0.165. The molecule has 0 saturated heterocycles. The summed E-state index contributed by atoms with van der Waals surface area (Å²) in [4.78, 5) is -2.04. The van der Waals surface area contributed by atoms with E-state index in [2.05, 4.69) is 0 Å². The Hall–Kier alpha value is -1.64. The summed E-state index contributed by atoms with van der Waals surface area (Å²) in [6, 6.07) is 0. The highest BCUT2D eigenvalue weighted by atomic mass is 16.7. The van der Waals surface area contributed by atoms with E-state index < -0.39 is 16.1 Å². The minimum atomic E-state index is -2.75. The van der Waals surface area contributed by atoms with Crippen molar-refractivity contribution in [2.45, 2.75) is 6.35 Å². The Bertz CT molecular complexity index is 145. The van der Waals surface area contributed by atoms with Gasteiger partial charge in [-0.3, -0.25) is 0 Å². The van der Waals surface area contributed by atoms with Gasteiger partial charge in [0, 0.05) is 0 Å². The first-order valence-corrected chi connectivity index (χ1v) is 1.88. The number of hydroxylamine groups is 2. The molecule has 0 N–H and O–H groups in total. The predicted molar refractivity (Wildman–Crippen MR) is 22.6 cm³/mol. The maximum absolute atomic E-state index is 10.0. The van der Waals surface area contributed by atoms with E-state index in [1.165, 1.54) is 10.6 Å².